The van der Waals surface area contributed by atoms with Crippen molar-refractivity contribution < 1.29 is 14.3 Å². The fraction of sp³-hybridized carbons (Fsp3) is 0.474. The Bertz CT molecular complexity index is 836. The molecule has 2 heterocycles. The Morgan fingerprint density at radius 2 is 2.11 bits per heavy atom. The summed E-state index contributed by atoms with van der Waals surface area (Å²) in [4.78, 5) is 28.0. The highest BCUT2D eigenvalue weighted by Crippen LogP contribution is 2.20. The molecule has 1 amide bonds. The van der Waals surface area contributed by atoms with Crippen molar-refractivity contribution >= 4 is 23.5 Å². The molecule has 0 spiro atoms. The molecular weight excluding hydrogens is 368 g/mol. The lowest BCUT2D eigenvalue weighted by atomic mass is 10.00. The minimum absolute atomic E-state index is 0.0912. The lowest BCUT2D eigenvalue weighted by molar-refractivity contribution is -0.138. The van der Waals surface area contributed by atoms with Gasteiger partial charge in [-0.15, -0.1) is 5.10 Å². The van der Waals surface area contributed by atoms with Gasteiger partial charge >= 0.3 is 5.97 Å². The molecule has 0 unspecified atom stereocenters. The number of carbonyl (C=O) groups excluding carboxylic acids is 2. The number of benzene rings is 1. The number of aromatic nitrogens is 3. The first-order valence-corrected chi connectivity index (χ1v) is 9.54. The predicted molar refractivity (Wildman–Crippen MR) is 101 cm³/mol. The molecule has 0 bridgehead atoms. The van der Waals surface area contributed by atoms with Gasteiger partial charge in [-0.3, -0.25) is 4.79 Å². The van der Waals surface area contributed by atoms with Crippen molar-refractivity contribution in [2.75, 3.05) is 13.2 Å². The van der Waals surface area contributed by atoms with Crippen LogP contribution in [0.1, 0.15) is 48.8 Å². The van der Waals surface area contributed by atoms with E-state index in [1.807, 2.05) is 4.90 Å². The zero-order chi connectivity index (χ0) is 19.4. The van der Waals surface area contributed by atoms with Crippen LogP contribution in [0.3, 0.4) is 0 Å². The number of carbonyl (C=O) groups is 2. The van der Waals surface area contributed by atoms with Crippen molar-refractivity contribution in [1.82, 2.24) is 19.9 Å². The fourth-order valence-electron chi connectivity index (χ4n) is 3.32. The maximum atomic E-state index is 12.4. The normalized spacial score (nSPS) is 17.0. The van der Waals surface area contributed by atoms with E-state index < -0.39 is 5.97 Å². The molecular formula is C19H23ClN4O3. The second kappa shape index (κ2) is 8.52. The molecule has 1 aromatic carbocycles. The minimum atomic E-state index is -0.654. The summed E-state index contributed by atoms with van der Waals surface area (Å²) in [6.07, 6.45) is 4.03. The molecule has 1 aromatic heterocycles. The number of likely N-dealkylation sites (tertiary alicyclic amines) is 1. The third kappa shape index (κ3) is 4.47. The summed E-state index contributed by atoms with van der Waals surface area (Å²) in [7, 11) is 0. The summed E-state index contributed by atoms with van der Waals surface area (Å²) in [6.45, 7) is 4.18. The van der Waals surface area contributed by atoms with Crippen molar-refractivity contribution in [3.63, 3.8) is 0 Å². The zero-order valence-electron chi connectivity index (χ0n) is 15.5. The molecule has 1 aliphatic heterocycles. The first-order chi connectivity index (χ1) is 13.0. The van der Waals surface area contributed by atoms with Gasteiger partial charge in [0.25, 0.3) is 5.91 Å². The Morgan fingerprint density at radius 3 is 2.85 bits per heavy atom. The third-order valence-electron chi connectivity index (χ3n) is 4.76. The molecule has 0 N–H and O–H groups in total. The van der Waals surface area contributed by atoms with Gasteiger partial charge in [-0.2, -0.15) is 9.90 Å². The van der Waals surface area contributed by atoms with Crippen molar-refractivity contribution in [2.24, 2.45) is 0 Å². The highest BCUT2D eigenvalue weighted by Gasteiger charge is 2.27. The van der Waals surface area contributed by atoms with E-state index in [1.165, 1.54) is 4.80 Å². The maximum absolute atomic E-state index is 12.4. The summed E-state index contributed by atoms with van der Waals surface area (Å²) < 4.78 is 5.22. The molecule has 144 valence electrons. The van der Waals surface area contributed by atoms with Gasteiger partial charge in [-0.1, -0.05) is 24.6 Å². The van der Waals surface area contributed by atoms with E-state index >= 15 is 0 Å². The molecule has 1 saturated heterocycles. The van der Waals surface area contributed by atoms with E-state index in [4.69, 9.17) is 16.3 Å². The number of piperidine rings is 1. The Morgan fingerprint density at radius 1 is 1.30 bits per heavy atom. The average molecular weight is 391 g/mol. The van der Waals surface area contributed by atoms with E-state index in [1.54, 1.807) is 31.2 Å². The Kier molecular flexibility index (Phi) is 6.11. The number of hydrogen-bond acceptors (Lipinski definition) is 5. The van der Waals surface area contributed by atoms with Crippen LogP contribution in [0.25, 0.3) is 5.69 Å². The van der Waals surface area contributed by atoms with Crippen LogP contribution in [0, 0.1) is 6.92 Å². The van der Waals surface area contributed by atoms with E-state index in [0.717, 1.165) is 32.2 Å². The minimum Gasteiger partial charge on any atom is -0.451 e. The number of rotatable bonds is 5. The highest BCUT2D eigenvalue weighted by molar-refractivity contribution is 6.30. The molecule has 0 saturated carbocycles. The van der Waals surface area contributed by atoms with Crippen LogP contribution >= 0.6 is 11.6 Å². The monoisotopic (exact) mass is 390 g/mol. The SMILES string of the molecule is CC[C@@H]1CCCCN1C(=O)COC(=O)c1nn(-c2cccc(Cl)c2)nc1C. The van der Waals surface area contributed by atoms with Gasteiger partial charge in [0.05, 0.1) is 11.4 Å². The molecule has 0 radical (unpaired) electrons. The summed E-state index contributed by atoms with van der Waals surface area (Å²) >= 11 is 5.98. The third-order valence-corrected chi connectivity index (χ3v) is 5.00. The smallest absolute Gasteiger partial charge is 0.361 e. The molecule has 0 aliphatic carbocycles. The quantitative estimate of drug-likeness (QED) is 0.733. The van der Waals surface area contributed by atoms with Gasteiger partial charge in [0.2, 0.25) is 0 Å². The van der Waals surface area contributed by atoms with Crippen molar-refractivity contribution in [3.8, 4) is 5.69 Å². The van der Waals surface area contributed by atoms with Crippen LogP contribution in [0.5, 0.6) is 0 Å². The fourth-order valence-corrected chi connectivity index (χ4v) is 3.50. The van der Waals surface area contributed by atoms with Gasteiger partial charge in [0.1, 0.15) is 0 Å². The number of ether oxygens (including phenoxy) is 1. The topological polar surface area (TPSA) is 77.3 Å². The van der Waals surface area contributed by atoms with E-state index in [2.05, 4.69) is 17.1 Å². The number of amides is 1. The maximum Gasteiger partial charge on any atom is 0.361 e. The molecule has 7 nitrogen and oxygen atoms in total. The number of aryl methyl sites for hydroxylation is 1. The van der Waals surface area contributed by atoms with Crippen molar-refractivity contribution in [2.45, 2.75) is 45.6 Å². The van der Waals surface area contributed by atoms with Crippen LogP contribution in [0.4, 0.5) is 0 Å². The predicted octanol–water partition coefficient (Wildman–Crippen LogP) is 3.18. The van der Waals surface area contributed by atoms with Gasteiger partial charge in [-0.05, 0) is 50.8 Å². The lowest BCUT2D eigenvalue weighted by Crippen LogP contribution is -2.45. The highest BCUT2D eigenvalue weighted by atomic mass is 35.5. The molecule has 27 heavy (non-hydrogen) atoms. The van der Waals surface area contributed by atoms with Gasteiger partial charge in [0, 0.05) is 17.6 Å². The van der Waals surface area contributed by atoms with Gasteiger partial charge < -0.3 is 9.64 Å². The van der Waals surface area contributed by atoms with Gasteiger partial charge in [-0.25, -0.2) is 4.79 Å². The Labute approximate surface area is 163 Å². The van der Waals surface area contributed by atoms with E-state index in [9.17, 15) is 9.59 Å². The van der Waals surface area contributed by atoms with E-state index in [-0.39, 0.29) is 24.2 Å². The molecule has 1 aliphatic rings. The second-order valence-corrected chi connectivity index (χ2v) is 7.06. The van der Waals surface area contributed by atoms with Crippen LogP contribution in [-0.4, -0.2) is 51.0 Å². The molecule has 1 fully saturated rings. The van der Waals surface area contributed by atoms with Crippen LogP contribution in [0.15, 0.2) is 24.3 Å². The average Bonchev–Trinajstić information content (AvgIpc) is 3.07. The van der Waals surface area contributed by atoms with E-state index in [0.29, 0.717) is 16.4 Å². The summed E-state index contributed by atoms with van der Waals surface area (Å²) in [5.41, 5.74) is 1.16. The second-order valence-electron chi connectivity index (χ2n) is 6.62. The summed E-state index contributed by atoms with van der Waals surface area (Å²) in [5, 5.41) is 8.97. The molecule has 1 atom stereocenters. The number of nitrogens with zero attached hydrogens (tertiary/aromatic N) is 4. The number of hydrogen-bond donors (Lipinski definition) is 0. The number of halogens is 1. The molecule has 3 rings (SSSR count). The Balaban J connectivity index is 1.65. The molecule has 8 heteroatoms. The molecule has 2 aromatic rings. The lowest BCUT2D eigenvalue weighted by Gasteiger charge is -2.35. The number of esters is 1. The van der Waals surface area contributed by atoms with Crippen LogP contribution in [-0.2, 0) is 9.53 Å². The van der Waals surface area contributed by atoms with Crippen LogP contribution < -0.4 is 0 Å². The first-order valence-electron chi connectivity index (χ1n) is 9.16. The standard InChI is InChI=1S/C19H23ClN4O3/c1-3-15-8-4-5-10-23(15)17(25)12-27-19(26)18-13(2)21-24(22-18)16-9-6-7-14(20)11-16/h6-7,9,11,15H,3-5,8,10,12H2,1-2H3/t15-/m1/s1. The summed E-state index contributed by atoms with van der Waals surface area (Å²) in [5.74, 6) is -0.811. The van der Waals surface area contributed by atoms with Gasteiger partial charge in [0.15, 0.2) is 12.3 Å². The Hall–Kier alpha value is -2.41. The summed E-state index contributed by atoms with van der Waals surface area (Å²) in [6, 6.07) is 7.23. The zero-order valence-corrected chi connectivity index (χ0v) is 16.3. The first kappa shape index (κ1) is 19.4. The largest absolute Gasteiger partial charge is 0.451 e. The van der Waals surface area contributed by atoms with Crippen molar-refractivity contribution in [1.29, 1.82) is 0 Å². The van der Waals surface area contributed by atoms with Crippen LogP contribution in [0.2, 0.25) is 5.02 Å². The van der Waals surface area contributed by atoms with Crippen molar-refractivity contribution in [3.05, 3.63) is 40.7 Å².